The molecule has 0 aliphatic heterocycles. The van der Waals surface area contributed by atoms with Crippen molar-refractivity contribution in [2.75, 3.05) is 20.0 Å². The number of carbonyl (C=O) groups excluding carboxylic acids is 1. The minimum atomic E-state index is -3.94. The van der Waals surface area contributed by atoms with Crippen LogP contribution in [0.4, 0.5) is 8.99 Å². The number of ether oxygens (including phenoxy) is 1. The van der Waals surface area contributed by atoms with Crippen molar-refractivity contribution >= 4 is 14.1 Å². The number of alkyl carbamates (subject to hydrolysis) is 1. The lowest BCUT2D eigenvalue weighted by Gasteiger charge is -2.07. The Labute approximate surface area is 95.9 Å². The number of halogens is 1. The minimum Gasteiger partial charge on any atom is -0.449 e. The van der Waals surface area contributed by atoms with Gasteiger partial charge in [-0.15, -0.1) is 0 Å². The number of rotatable bonds is 8. The molecule has 0 spiro atoms. The van der Waals surface area contributed by atoms with E-state index in [1.54, 1.807) is 0 Å². The fourth-order valence-corrected chi connectivity index (χ4v) is 1.42. The lowest BCUT2D eigenvalue weighted by Crippen LogP contribution is -2.26. The molecule has 1 unspecified atom stereocenters. The molecule has 1 atom stereocenters. The van der Waals surface area contributed by atoms with Crippen LogP contribution in [0.3, 0.4) is 0 Å². The van der Waals surface area contributed by atoms with E-state index in [1.807, 2.05) is 0 Å². The molecule has 0 rings (SSSR count). The molecule has 0 fully saturated rings. The lowest BCUT2D eigenvalue weighted by atomic mass is 10.2. The molecule has 0 aromatic heterocycles. The second-order valence-electron chi connectivity index (χ2n) is 3.33. The average Bonchev–Trinajstić information content (AvgIpc) is 2.26. The first-order chi connectivity index (χ1) is 7.52. The SMILES string of the molecule is CCCCCCOC(=O)NC[P+](O)(F)OC. The van der Waals surface area contributed by atoms with E-state index in [1.165, 1.54) is 0 Å². The Morgan fingerprint density at radius 2 is 2.12 bits per heavy atom. The van der Waals surface area contributed by atoms with E-state index in [0.29, 0.717) is 6.61 Å². The first-order valence-electron chi connectivity index (χ1n) is 5.28. The third kappa shape index (κ3) is 8.83. The van der Waals surface area contributed by atoms with E-state index < -0.39 is 20.4 Å². The summed E-state index contributed by atoms with van der Waals surface area (Å²) in [6.45, 7) is 2.39. The van der Waals surface area contributed by atoms with Crippen LogP contribution in [0.5, 0.6) is 0 Å². The van der Waals surface area contributed by atoms with Crippen LogP contribution in [-0.4, -0.2) is 31.0 Å². The highest BCUT2D eigenvalue weighted by molar-refractivity contribution is 7.60. The number of unbranched alkanes of at least 4 members (excludes halogenated alkanes) is 3. The van der Waals surface area contributed by atoms with Gasteiger partial charge in [0, 0.05) is 4.20 Å². The Hall–Kier alpha value is -0.450. The second kappa shape index (κ2) is 8.67. The summed E-state index contributed by atoms with van der Waals surface area (Å²) in [6, 6.07) is 0. The van der Waals surface area contributed by atoms with Crippen LogP contribution < -0.4 is 5.32 Å². The van der Waals surface area contributed by atoms with Gasteiger partial charge in [0.15, 0.2) is 0 Å². The van der Waals surface area contributed by atoms with Crippen molar-refractivity contribution in [2.24, 2.45) is 0 Å². The van der Waals surface area contributed by atoms with E-state index in [4.69, 9.17) is 9.63 Å². The average molecular weight is 256 g/mol. The van der Waals surface area contributed by atoms with Gasteiger partial charge in [0.25, 0.3) is 0 Å². The van der Waals surface area contributed by atoms with E-state index in [9.17, 15) is 8.99 Å². The number of nitrogens with one attached hydrogen (secondary N) is 1. The van der Waals surface area contributed by atoms with Gasteiger partial charge in [-0.2, -0.15) is 9.42 Å². The lowest BCUT2D eigenvalue weighted by molar-refractivity contribution is 0.144. The zero-order valence-corrected chi connectivity index (χ0v) is 10.6. The van der Waals surface area contributed by atoms with Crippen LogP contribution in [0, 0.1) is 0 Å². The minimum absolute atomic E-state index is 0.308. The van der Waals surface area contributed by atoms with Crippen LogP contribution in [0.2, 0.25) is 0 Å². The molecule has 5 nitrogen and oxygen atoms in total. The molecule has 0 aliphatic rings. The van der Waals surface area contributed by atoms with E-state index in [0.717, 1.165) is 32.8 Å². The molecule has 0 bridgehead atoms. The van der Waals surface area contributed by atoms with E-state index in [-0.39, 0.29) is 0 Å². The molecule has 0 heterocycles. The first kappa shape index (κ1) is 15.6. The smallest absolute Gasteiger partial charge is 0.449 e. The van der Waals surface area contributed by atoms with Crippen molar-refractivity contribution in [1.29, 1.82) is 0 Å². The van der Waals surface area contributed by atoms with Crippen LogP contribution >= 0.6 is 8.03 Å². The third-order valence-electron chi connectivity index (χ3n) is 1.93. The van der Waals surface area contributed by atoms with Crippen LogP contribution in [0.1, 0.15) is 32.6 Å². The van der Waals surface area contributed by atoms with E-state index in [2.05, 4.69) is 16.8 Å². The van der Waals surface area contributed by atoms with Crippen LogP contribution in [0.25, 0.3) is 0 Å². The largest absolute Gasteiger partial charge is 0.485 e. The maximum atomic E-state index is 12.8. The van der Waals surface area contributed by atoms with Gasteiger partial charge < -0.3 is 4.74 Å². The van der Waals surface area contributed by atoms with Crippen molar-refractivity contribution in [3.05, 3.63) is 0 Å². The van der Waals surface area contributed by atoms with Gasteiger partial charge in [0.1, 0.15) is 0 Å². The van der Waals surface area contributed by atoms with Crippen LogP contribution in [-0.2, 0) is 9.26 Å². The topological polar surface area (TPSA) is 67.8 Å². The molecule has 0 saturated carbocycles. The molecule has 0 aromatic carbocycles. The molecule has 0 radical (unpaired) electrons. The van der Waals surface area contributed by atoms with Gasteiger partial charge >= 0.3 is 14.1 Å². The number of hydrogen-bond donors (Lipinski definition) is 2. The fraction of sp³-hybridized carbons (Fsp3) is 0.889. The van der Waals surface area contributed by atoms with Gasteiger partial charge in [0.05, 0.1) is 13.7 Å². The molecular weight excluding hydrogens is 236 g/mol. The van der Waals surface area contributed by atoms with Gasteiger partial charge in [-0.1, -0.05) is 26.2 Å². The van der Waals surface area contributed by atoms with Gasteiger partial charge in [0.2, 0.25) is 6.29 Å². The normalized spacial score (nSPS) is 14.2. The first-order valence-corrected chi connectivity index (χ1v) is 7.02. The second-order valence-corrected chi connectivity index (χ2v) is 5.24. The number of hydrogen-bond acceptors (Lipinski definition) is 4. The third-order valence-corrected chi connectivity index (χ3v) is 3.04. The predicted molar refractivity (Wildman–Crippen MR) is 60.7 cm³/mol. The number of amides is 1. The molecule has 1 amide bonds. The summed E-state index contributed by atoms with van der Waals surface area (Å²) >= 11 is 0. The zero-order valence-electron chi connectivity index (χ0n) is 9.74. The molecule has 96 valence electrons. The van der Waals surface area contributed by atoms with Gasteiger partial charge in [-0.25, -0.2) is 4.79 Å². The summed E-state index contributed by atoms with van der Waals surface area (Å²) in [7, 11) is -2.89. The summed E-state index contributed by atoms with van der Waals surface area (Å²) in [5, 5.41) is 2.10. The molecular formula is C9H20FNO4P+. The van der Waals surface area contributed by atoms with Crippen molar-refractivity contribution in [3.8, 4) is 0 Å². The van der Waals surface area contributed by atoms with Crippen molar-refractivity contribution in [2.45, 2.75) is 32.6 Å². The standard InChI is InChI=1S/C9H19FNO4P/c1-3-4-5-6-7-15-9(12)11-8-16(10,13)14-2/h13H,3-8H2,1-2H3/p+1. The Kier molecular flexibility index (Phi) is 8.43. The summed E-state index contributed by atoms with van der Waals surface area (Å²) in [5.41, 5.74) is 0. The highest BCUT2D eigenvalue weighted by atomic mass is 31.2. The number of carbonyl (C=O) groups is 1. The summed E-state index contributed by atoms with van der Waals surface area (Å²) in [5.74, 6) is 0. The monoisotopic (exact) mass is 256 g/mol. The van der Waals surface area contributed by atoms with Crippen molar-refractivity contribution in [3.63, 3.8) is 0 Å². The highest BCUT2D eigenvalue weighted by Crippen LogP contribution is 2.55. The fourth-order valence-electron chi connectivity index (χ4n) is 0.971. The van der Waals surface area contributed by atoms with Crippen molar-refractivity contribution in [1.82, 2.24) is 5.32 Å². The Balaban J connectivity index is 3.45. The Bertz CT molecular complexity index is 204. The molecule has 16 heavy (non-hydrogen) atoms. The molecule has 0 saturated heterocycles. The zero-order chi connectivity index (χ0) is 12.4. The molecule has 7 heteroatoms. The predicted octanol–water partition coefficient (Wildman–Crippen LogP) is 2.62. The Morgan fingerprint density at radius 1 is 1.44 bits per heavy atom. The molecule has 0 aliphatic carbocycles. The summed E-state index contributed by atoms with van der Waals surface area (Å²) < 4.78 is 21.8. The summed E-state index contributed by atoms with van der Waals surface area (Å²) in [4.78, 5) is 19.9. The highest BCUT2D eigenvalue weighted by Gasteiger charge is 2.38. The molecule has 2 N–H and O–H groups in total. The Morgan fingerprint density at radius 3 is 2.69 bits per heavy atom. The molecule has 0 aromatic rings. The maximum Gasteiger partial charge on any atom is 0.485 e. The van der Waals surface area contributed by atoms with E-state index >= 15 is 0 Å². The summed E-state index contributed by atoms with van der Waals surface area (Å²) in [6.07, 6.45) is 2.73. The quantitative estimate of drug-likeness (QED) is 0.517. The maximum absolute atomic E-state index is 12.8. The van der Waals surface area contributed by atoms with Crippen LogP contribution in [0.15, 0.2) is 0 Å². The van der Waals surface area contributed by atoms with Gasteiger partial charge in [-0.05, 0) is 6.42 Å². The van der Waals surface area contributed by atoms with Crippen molar-refractivity contribution < 1.29 is 23.1 Å². The van der Waals surface area contributed by atoms with Gasteiger partial charge in [-0.3, -0.25) is 5.32 Å².